The van der Waals surface area contributed by atoms with Crippen LogP contribution in [-0.2, 0) is 28.5 Å². The molecule has 0 aliphatic carbocycles. The van der Waals surface area contributed by atoms with Crippen molar-refractivity contribution in [2.45, 2.75) is 141 Å². The molecule has 2 aliphatic heterocycles. The number of carbonyl (C=O) groups is 2. The first-order valence-electron chi connectivity index (χ1n) is 21.1. The normalized spacial score (nSPS) is 20.8. The van der Waals surface area contributed by atoms with E-state index in [-0.39, 0.29) is 25.2 Å². The van der Waals surface area contributed by atoms with E-state index in [2.05, 4.69) is 148 Å². The number of rotatable bonds is 30. The highest BCUT2D eigenvalue weighted by atomic mass is 16.7. The van der Waals surface area contributed by atoms with Crippen molar-refractivity contribution in [1.29, 1.82) is 0 Å². The maximum atomic E-state index is 12.5. The number of fused-ring (bicyclic) bond motifs is 1. The van der Waals surface area contributed by atoms with Gasteiger partial charge in [-0.2, -0.15) is 0 Å². The Balaban J connectivity index is 1.47. The van der Waals surface area contributed by atoms with Gasteiger partial charge in [-0.05, 0) is 89.9 Å². The van der Waals surface area contributed by atoms with E-state index in [1.807, 2.05) is 12.2 Å². The Bertz CT molecular complexity index is 1290. The Morgan fingerprint density at radius 2 is 0.625 bits per heavy atom. The summed E-state index contributed by atoms with van der Waals surface area (Å²) in [6.07, 6.45) is 63.5. The maximum Gasteiger partial charge on any atom is 0.306 e. The number of allylic oxidation sites excluding steroid dienone is 24. The highest BCUT2D eigenvalue weighted by Gasteiger charge is 2.51. The van der Waals surface area contributed by atoms with Crippen molar-refractivity contribution in [2.24, 2.45) is 0 Å². The summed E-state index contributed by atoms with van der Waals surface area (Å²) in [6.45, 7) is 4.79. The van der Waals surface area contributed by atoms with Gasteiger partial charge in [0.1, 0.15) is 12.2 Å². The zero-order valence-corrected chi connectivity index (χ0v) is 34.3. The molecule has 2 saturated heterocycles. The van der Waals surface area contributed by atoms with Gasteiger partial charge in [-0.3, -0.25) is 9.59 Å². The minimum absolute atomic E-state index is 0.244. The standard InChI is InChI=1S/C50H70O6/c1-3-5-7-9-11-13-15-17-19-21-23-25-27-29-31-33-35-37-39-41-47(51)55-45-43-53-50-46(44-54-49(45)50)56-48(52)42-40-38-36-34-32-30-28-26-24-22-20-18-16-14-12-10-8-6-4-2/h5-8,11-14,17-20,23-26,29-32,35-38,45-46,49-50H,3-4,9-10,15-16,21-22,27-28,33-34,39-44H2,1-2H3. The molecule has 0 aromatic rings. The fourth-order valence-corrected chi connectivity index (χ4v) is 5.77. The first kappa shape index (κ1) is 47.9. The van der Waals surface area contributed by atoms with Crippen LogP contribution in [0.1, 0.15) is 117 Å². The van der Waals surface area contributed by atoms with Gasteiger partial charge in [-0.25, -0.2) is 0 Å². The number of hydrogen-bond acceptors (Lipinski definition) is 6. The summed E-state index contributed by atoms with van der Waals surface area (Å²) in [4.78, 5) is 24.9. The van der Waals surface area contributed by atoms with Gasteiger partial charge in [0.2, 0.25) is 0 Å². The quantitative estimate of drug-likeness (QED) is 0.0535. The summed E-state index contributed by atoms with van der Waals surface area (Å²) in [5, 5.41) is 0. The van der Waals surface area contributed by atoms with Crippen LogP contribution in [0.2, 0.25) is 0 Å². The van der Waals surface area contributed by atoms with E-state index in [1.165, 1.54) is 0 Å². The molecule has 0 aromatic carbocycles. The van der Waals surface area contributed by atoms with E-state index in [1.54, 1.807) is 0 Å². The Labute approximate surface area is 339 Å². The predicted octanol–water partition coefficient (Wildman–Crippen LogP) is 12.6. The van der Waals surface area contributed by atoms with E-state index in [4.69, 9.17) is 18.9 Å². The largest absolute Gasteiger partial charge is 0.457 e. The highest BCUT2D eigenvalue weighted by Crippen LogP contribution is 2.31. The molecule has 0 bridgehead atoms. The van der Waals surface area contributed by atoms with Crippen molar-refractivity contribution >= 4 is 11.9 Å². The van der Waals surface area contributed by atoms with Crippen molar-refractivity contribution < 1.29 is 28.5 Å². The van der Waals surface area contributed by atoms with Crippen molar-refractivity contribution in [3.63, 3.8) is 0 Å². The van der Waals surface area contributed by atoms with Crippen LogP contribution in [-0.4, -0.2) is 49.6 Å². The van der Waals surface area contributed by atoms with Crippen molar-refractivity contribution in [2.75, 3.05) is 13.2 Å². The summed E-state index contributed by atoms with van der Waals surface area (Å²) in [5.41, 5.74) is 0. The van der Waals surface area contributed by atoms with Crippen LogP contribution in [0.3, 0.4) is 0 Å². The van der Waals surface area contributed by atoms with Gasteiger partial charge >= 0.3 is 11.9 Å². The zero-order valence-electron chi connectivity index (χ0n) is 34.3. The smallest absolute Gasteiger partial charge is 0.306 e. The Kier molecular flexibility index (Phi) is 30.1. The van der Waals surface area contributed by atoms with Crippen LogP contribution in [0.15, 0.2) is 146 Å². The van der Waals surface area contributed by atoms with Crippen molar-refractivity contribution in [1.82, 2.24) is 0 Å². The molecule has 0 amide bonds. The number of esters is 2. The molecule has 6 heteroatoms. The SMILES string of the molecule is CCC=CCC=CCC=CCC=CCC=CCC=CCCC(=O)OC1COC2C(OC(=O)CCC=CCC=CCC=CCC=CCC=CCC=CCC)COC12. The van der Waals surface area contributed by atoms with Crippen LogP contribution in [0.5, 0.6) is 0 Å². The molecule has 306 valence electrons. The van der Waals surface area contributed by atoms with E-state index in [9.17, 15) is 9.59 Å². The van der Waals surface area contributed by atoms with Crippen molar-refractivity contribution in [3.8, 4) is 0 Å². The molecule has 0 N–H and O–H groups in total. The predicted molar refractivity (Wildman–Crippen MR) is 234 cm³/mol. The van der Waals surface area contributed by atoms with Crippen LogP contribution >= 0.6 is 0 Å². The molecule has 2 heterocycles. The molecule has 0 spiro atoms. The molecule has 0 aromatic heterocycles. The third-order valence-electron chi connectivity index (χ3n) is 8.75. The van der Waals surface area contributed by atoms with Crippen molar-refractivity contribution in [3.05, 3.63) is 146 Å². The van der Waals surface area contributed by atoms with Gasteiger partial charge in [0.05, 0.1) is 13.2 Å². The lowest BCUT2D eigenvalue weighted by Gasteiger charge is -2.17. The monoisotopic (exact) mass is 767 g/mol. The Morgan fingerprint density at radius 3 is 0.875 bits per heavy atom. The maximum absolute atomic E-state index is 12.5. The van der Waals surface area contributed by atoms with Gasteiger partial charge in [-0.15, -0.1) is 0 Å². The Hall–Kier alpha value is -4.26. The third-order valence-corrected chi connectivity index (χ3v) is 8.75. The molecule has 2 rings (SSSR count). The molecule has 6 nitrogen and oxygen atoms in total. The minimum Gasteiger partial charge on any atom is -0.457 e. The molecule has 0 saturated carbocycles. The van der Waals surface area contributed by atoms with Gasteiger partial charge < -0.3 is 18.9 Å². The van der Waals surface area contributed by atoms with Gasteiger partial charge in [0.15, 0.2) is 12.2 Å². The van der Waals surface area contributed by atoms with E-state index in [0.717, 1.165) is 77.0 Å². The summed E-state index contributed by atoms with van der Waals surface area (Å²) < 4.78 is 23.0. The molecule has 2 fully saturated rings. The number of ether oxygens (including phenoxy) is 4. The van der Waals surface area contributed by atoms with Crippen LogP contribution < -0.4 is 0 Å². The average molecular weight is 767 g/mol. The fourth-order valence-electron chi connectivity index (χ4n) is 5.77. The lowest BCUT2D eigenvalue weighted by molar-refractivity contribution is -0.155. The van der Waals surface area contributed by atoms with E-state index >= 15 is 0 Å². The molecule has 2 aliphatic rings. The zero-order chi connectivity index (χ0) is 40.0. The van der Waals surface area contributed by atoms with Crippen LogP contribution in [0, 0.1) is 0 Å². The molecular formula is C50H70O6. The second-order valence-corrected chi connectivity index (χ2v) is 13.6. The van der Waals surface area contributed by atoms with Crippen LogP contribution in [0.4, 0.5) is 0 Å². The lowest BCUT2D eigenvalue weighted by atomic mass is 10.1. The lowest BCUT2D eigenvalue weighted by Crippen LogP contribution is -2.35. The second-order valence-electron chi connectivity index (χ2n) is 13.6. The second kappa shape index (κ2) is 35.2. The molecule has 56 heavy (non-hydrogen) atoms. The first-order chi connectivity index (χ1) is 27.7. The molecule has 0 radical (unpaired) electrons. The summed E-state index contributed by atoms with van der Waals surface area (Å²) in [7, 11) is 0. The summed E-state index contributed by atoms with van der Waals surface area (Å²) in [6, 6.07) is 0. The molecular weight excluding hydrogens is 697 g/mol. The minimum atomic E-state index is -0.486. The third kappa shape index (κ3) is 25.8. The summed E-state index contributed by atoms with van der Waals surface area (Å²) >= 11 is 0. The van der Waals surface area contributed by atoms with Gasteiger partial charge in [0.25, 0.3) is 0 Å². The van der Waals surface area contributed by atoms with Gasteiger partial charge in [-0.1, -0.05) is 160 Å². The van der Waals surface area contributed by atoms with E-state index in [0.29, 0.717) is 25.7 Å². The fraction of sp³-hybridized carbons (Fsp3) is 0.480. The summed E-state index contributed by atoms with van der Waals surface area (Å²) in [5.74, 6) is -0.557. The van der Waals surface area contributed by atoms with E-state index < -0.39 is 24.4 Å². The molecule has 4 atom stereocenters. The first-order valence-corrected chi connectivity index (χ1v) is 21.1. The number of carbonyl (C=O) groups excluding carboxylic acids is 2. The Morgan fingerprint density at radius 1 is 0.393 bits per heavy atom. The van der Waals surface area contributed by atoms with Gasteiger partial charge in [0, 0.05) is 12.8 Å². The number of hydrogen-bond donors (Lipinski definition) is 0. The molecule has 4 unspecified atom stereocenters. The average Bonchev–Trinajstić information content (AvgIpc) is 3.79. The topological polar surface area (TPSA) is 71.1 Å². The highest BCUT2D eigenvalue weighted by molar-refractivity contribution is 5.70. The van der Waals surface area contributed by atoms with Crippen LogP contribution in [0.25, 0.3) is 0 Å².